The van der Waals surface area contributed by atoms with E-state index in [0.29, 0.717) is 6.54 Å². The number of hydrogen-bond acceptors (Lipinski definition) is 3. The normalized spacial score (nSPS) is 12.3. The SMILES string of the molecule is CCCNc1cc(C(F)(F)F)cc(NC(C)(C)CC)n1. The predicted octanol–water partition coefficient (Wildman–Crippen LogP) is 4.52. The van der Waals surface area contributed by atoms with Crippen molar-refractivity contribution in [1.29, 1.82) is 0 Å². The van der Waals surface area contributed by atoms with Crippen LogP contribution in [0.25, 0.3) is 0 Å². The Hall–Kier alpha value is -1.46. The number of pyridine rings is 1. The molecule has 0 aromatic carbocycles. The zero-order valence-corrected chi connectivity index (χ0v) is 12.4. The summed E-state index contributed by atoms with van der Waals surface area (Å²) in [5.74, 6) is 0.487. The van der Waals surface area contributed by atoms with Crippen LogP contribution < -0.4 is 10.6 Å². The molecule has 1 aromatic rings. The number of alkyl halides is 3. The van der Waals surface area contributed by atoms with Crippen LogP contribution in [0.2, 0.25) is 0 Å². The predicted molar refractivity (Wildman–Crippen MR) is 76.0 cm³/mol. The number of rotatable bonds is 6. The summed E-state index contributed by atoms with van der Waals surface area (Å²) in [4.78, 5) is 4.20. The molecule has 0 saturated heterocycles. The number of halogens is 3. The Morgan fingerprint density at radius 2 is 1.70 bits per heavy atom. The third-order valence-electron chi connectivity index (χ3n) is 3.06. The van der Waals surface area contributed by atoms with Gasteiger partial charge in [-0.2, -0.15) is 13.2 Å². The highest BCUT2D eigenvalue weighted by Crippen LogP contribution is 2.32. The van der Waals surface area contributed by atoms with E-state index >= 15 is 0 Å². The van der Waals surface area contributed by atoms with Gasteiger partial charge in [-0.05, 0) is 38.8 Å². The summed E-state index contributed by atoms with van der Waals surface area (Å²) in [6, 6.07) is 2.09. The Bertz CT molecular complexity index is 442. The zero-order valence-electron chi connectivity index (χ0n) is 12.4. The summed E-state index contributed by atoms with van der Waals surface area (Å²) in [5.41, 5.74) is -1.00. The molecule has 0 unspecified atom stereocenters. The molecule has 0 atom stereocenters. The van der Waals surface area contributed by atoms with Gasteiger partial charge in [0.25, 0.3) is 0 Å². The maximum atomic E-state index is 12.9. The van der Waals surface area contributed by atoms with Gasteiger partial charge >= 0.3 is 6.18 Å². The van der Waals surface area contributed by atoms with Crippen LogP contribution in [0.3, 0.4) is 0 Å². The summed E-state index contributed by atoms with van der Waals surface area (Å²) >= 11 is 0. The highest BCUT2D eigenvalue weighted by molar-refractivity contribution is 5.50. The third-order valence-corrected chi connectivity index (χ3v) is 3.06. The van der Waals surface area contributed by atoms with Crippen molar-refractivity contribution >= 4 is 11.6 Å². The molecule has 0 fully saturated rings. The minimum Gasteiger partial charge on any atom is -0.370 e. The highest BCUT2D eigenvalue weighted by Gasteiger charge is 2.32. The number of nitrogens with zero attached hydrogens (tertiary/aromatic N) is 1. The van der Waals surface area contributed by atoms with Gasteiger partial charge in [0.15, 0.2) is 0 Å². The van der Waals surface area contributed by atoms with Crippen LogP contribution in [0.4, 0.5) is 24.8 Å². The Balaban J connectivity index is 3.10. The van der Waals surface area contributed by atoms with Gasteiger partial charge in [-0.3, -0.25) is 0 Å². The Kier molecular flexibility index (Phi) is 5.25. The monoisotopic (exact) mass is 289 g/mol. The van der Waals surface area contributed by atoms with Gasteiger partial charge in [-0.25, -0.2) is 4.98 Å². The Morgan fingerprint density at radius 1 is 1.10 bits per heavy atom. The fraction of sp³-hybridized carbons (Fsp3) is 0.643. The third kappa shape index (κ3) is 4.90. The average Bonchev–Trinajstić information content (AvgIpc) is 2.34. The number of anilines is 2. The quantitative estimate of drug-likeness (QED) is 0.808. The van der Waals surface area contributed by atoms with E-state index in [9.17, 15) is 13.2 Å². The van der Waals surface area contributed by atoms with Crippen LogP contribution in [0.5, 0.6) is 0 Å². The van der Waals surface area contributed by atoms with Gasteiger partial charge in [-0.15, -0.1) is 0 Å². The summed E-state index contributed by atoms with van der Waals surface area (Å²) in [6.45, 7) is 8.35. The summed E-state index contributed by atoms with van der Waals surface area (Å²) in [6.07, 6.45) is -2.78. The van der Waals surface area contributed by atoms with Crippen molar-refractivity contribution in [2.75, 3.05) is 17.2 Å². The molecule has 0 radical (unpaired) electrons. The van der Waals surface area contributed by atoms with Gasteiger partial charge in [0.1, 0.15) is 11.6 Å². The van der Waals surface area contributed by atoms with Crippen LogP contribution >= 0.6 is 0 Å². The number of nitrogens with one attached hydrogen (secondary N) is 2. The molecule has 0 aliphatic rings. The fourth-order valence-corrected chi connectivity index (χ4v) is 1.54. The second kappa shape index (κ2) is 6.33. The van der Waals surface area contributed by atoms with Crippen LogP contribution in [0, 0.1) is 0 Å². The van der Waals surface area contributed by atoms with Gasteiger partial charge in [-0.1, -0.05) is 13.8 Å². The lowest BCUT2D eigenvalue weighted by atomic mass is 10.0. The minimum atomic E-state index is -4.38. The summed E-state index contributed by atoms with van der Waals surface area (Å²) < 4.78 is 38.7. The first-order valence-corrected chi connectivity index (χ1v) is 6.79. The van der Waals surface area contributed by atoms with E-state index in [1.54, 1.807) is 0 Å². The molecule has 20 heavy (non-hydrogen) atoms. The number of aromatic nitrogens is 1. The smallest absolute Gasteiger partial charge is 0.370 e. The molecule has 1 heterocycles. The Morgan fingerprint density at radius 3 is 2.20 bits per heavy atom. The van der Waals surface area contributed by atoms with Crippen LogP contribution in [-0.2, 0) is 6.18 Å². The van der Waals surface area contributed by atoms with Crippen molar-refractivity contribution in [1.82, 2.24) is 4.98 Å². The second-order valence-corrected chi connectivity index (χ2v) is 5.41. The molecule has 1 aromatic heterocycles. The van der Waals surface area contributed by atoms with Crippen molar-refractivity contribution in [3.05, 3.63) is 17.7 Å². The zero-order chi connectivity index (χ0) is 15.4. The Labute approximate surface area is 118 Å². The van der Waals surface area contributed by atoms with Crippen molar-refractivity contribution in [2.45, 2.75) is 52.3 Å². The van der Waals surface area contributed by atoms with Crippen molar-refractivity contribution in [3.63, 3.8) is 0 Å². The van der Waals surface area contributed by atoms with Crippen molar-refractivity contribution in [2.24, 2.45) is 0 Å². The van der Waals surface area contributed by atoms with Crippen LogP contribution in [0.1, 0.15) is 46.1 Å². The highest BCUT2D eigenvalue weighted by atomic mass is 19.4. The molecule has 0 aliphatic heterocycles. The summed E-state index contributed by atoms with van der Waals surface area (Å²) in [7, 11) is 0. The molecule has 0 aliphatic carbocycles. The molecule has 1 rings (SSSR count). The summed E-state index contributed by atoms with van der Waals surface area (Å²) in [5, 5.41) is 5.95. The maximum absolute atomic E-state index is 12.9. The molecule has 6 heteroatoms. The van der Waals surface area contributed by atoms with Gasteiger partial charge < -0.3 is 10.6 Å². The lowest BCUT2D eigenvalue weighted by Gasteiger charge is -2.26. The molecule has 2 N–H and O–H groups in total. The first kappa shape index (κ1) is 16.6. The fourth-order valence-electron chi connectivity index (χ4n) is 1.54. The van der Waals surface area contributed by atoms with E-state index in [1.165, 1.54) is 0 Å². The molecular weight excluding hydrogens is 267 g/mol. The topological polar surface area (TPSA) is 37.0 Å². The van der Waals surface area contributed by atoms with E-state index < -0.39 is 11.7 Å². The standard InChI is InChI=1S/C14H22F3N3/c1-5-7-18-11-8-10(14(15,16)17)9-12(19-11)20-13(3,4)6-2/h8-9H,5-7H2,1-4H3,(H2,18,19,20). The first-order valence-electron chi connectivity index (χ1n) is 6.79. The van der Waals surface area contributed by atoms with Gasteiger partial charge in [0.05, 0.1) is 5.56 Å². The van der Waals surface area contributed by atoms with Crippen LogP contribution in [0.15, 0.2) is 12.1 Å². The lowest BCUT2D eigenvalue weighted by Crippen LogP contribution is -2.30. The molecule has 0 amide bonds. The molecule has 0 spiro atoms. The first-order chi connectivity index (χ1) is 9.18. The maximum Gasteiger partial charge on any atom is 0.416 e. The largest absolute Gasteiger partial charge is 0.416 e. The van der Waals surface area contributed by atoms with Crippen molar-refractivity contribution < 1.29 is 13.2 Å². The second-order valence-electron chi connectivity index (χ2n) is 5.41. The molecule has 3 nitrogen and oxygen atoms in total. The van der Waals surface area contributed by atoms with E-state index in [-0.39, 0.29) is 17.2 Å². The van der Waals surface area contributed by atoms with E-state index in [1.807, 2.05) is 27.7 Å². The van der Waals surface area contributed by atoms with E-state index in [4.69, 9.17) is 0 Å². The molecular formula is C14H22F3N3. The van der Waals surface area contributed by atoms with Crippen LogP contribution in [-0.4, -0.2) is 17.1 Å². The van der Waals surface area contributed by atoms with Gasteiger partial charge in [0.2, 0.25) is 0 Å². The lowest BCUT2D eigenvalue weighted by molar-refractivity contribution is -0.137. The minimum absolute atomic E-state index is 0.241. The van der Waals surface area contributed by atoms with E-state index in [0.717, 1.165) is 25.0 Å². The van der Waals surface area contributed by atoms with Crippen molar-refractivity contribution in [3.8, 4) is 0 Å². The number of hydrogen-bond donors (Lipinski definition) is 2. The molecule has 0 saturated carbocycles. The average molecular weight is 289 g/mol. The van der Waals surface area contributed by atoms with Gasteiger partial charge in [0, 0.05) is 12.1 Å². The molecule has 0 bridgehead atoms. The van der Waals surface area contributed by atoms with E-state index in [2.05, 4.69) is 15.6 Å². The molecule has 114 valence electrons.